The molecule has 1 fully saturated rings. The highest BCUT2D eigenvalue weighted by Crippen LogP contribution is 2.29. The van der Waals surface area contributed by atoms with Gasteiger partial charge in [0, 0.05) is 18.2 Å². The molecular weight excluding hydrogens is 220 g/mol. The average molecular weight is 239 g/mol. The van der Waals surface area contributed by atoms with Gasteiger partial charge in [0.15, 0.2) is 0 Å². The van der Waals surface area contributed by atoms with Gasteiger partial charge in [0.2, 0.25) is 0 Å². The smallest absolute Gasteiger partial charge is 0.119 e. The molecule has 1 nitrogen and oxygen atoms in total. The van der Waals surface area contributed by atoms with E-state index in [1.807, 2.05) is 0 Å². The van der Waals surface area contributed by atoms with Gasteiger partial charge < -0.3 is 4.74 Å². The van der Waals surface area contributed by atoms with Crippen molar-refractivity contribution in [3.63, 3.8) is 0 Å². The molecule has 0 amide bonds. The topological polar surface area (TPSA) is 9.23 Å². The van der Waals surface area contributed by atoms with E-state index in [2.05, 4.69) is 31.2 Å². The van der Waals surface area contributed by atoms with Crippen molar-refractivity contribution in [3.05, 3.63) is 29.8 Å². The third kappa shape index (κ3) is 3.15. The first kappa shape index (κ1) is 11.8. The van der Waals surface area contributed by atoms with E-state index in [4.69, 9.17) is 16.3 Å². The van der Waals surface area contributed by atoms with E-state index < -0.39 is 0 Å². The van der Waals surface area contributed by atoms with E-state index in [0.717, 1.165) is 18.6 Å². The Bertz CT molecular complexity index is 314. The predicted molar refractivity (Wildman–Crippen MR) is 68.3 cm³/mol. The predicted octanol–water partition coefficient (Wildman–Crippen LogP) is 4.18. The Balaban J connectivity index is 1.82. The Labute approximate surface area is 103 Å². The van der Waals surface area contributed by atoms with Crippen molar-refractivity contribution in [2.45, 2.75) is 50.5 Å². The van der Waals surface area contributed by atoms with Crippen molar-refractivity contribution in [1.82, 2.24) is 0 Å². The fraction of sp³-hybridized carbons (Fsp3) is 0.571. The third-order valence-electron chi connectivity index (χ3n) is 3.08. The Morgan fingerprint density at radius 3 is 2.50 bits per heavy atom. The van der Waals surface area contributed by atoms with Crippen molar-refractivity contribution in [2.24, 2.45) is 0 Å². The zero-order valence-electron chi connectivity index (χ0n) is 9.79. The maximum absolute atomic E-state index is 5.91. The maximum Gasteiger partial charge on any atom is 0.119 e. The number of aryl methyl sites for hydroxylation is 1. The summed E-state index contributed by atoms with van der Waals surface area (Å²) in [6.07, 6.45) is 5.99. The Hall–Kier alpha value is -0.690. The van der Waals surface area contributed by atoms with Crippen molar-refractivity contribution in [3.8, 4) is 5.75 Å². The van der Waals surface area contributed by atoms with Crippen LogP contribution in [0, 0.1) is 0 Å². The summed E-state index contributed by atoms with van der Waals surface area (Å²) in [6, 6.07) is 8.49. The second-order valence-electron chi connectivity index (χ2n) is 4.56. The van der Waals surface area contributed by atoms with Crippen LogP contribution in [0.1, 0.15) is 38.2 Å². The highest BCUT2D eigenvalue weighted by Gasteiger charge is 2.28. The Kier molecular flexibility index (Phi) is 4.11. The van der Waals surface area contributed by atoms with Gasteiger partial charge in [-0.3, -0.25) is 0 Å². The van der Waals surface area contributed by atoms with Crippen LogP contribution in [0.15, 0.2) is 24.3 Å². The van der Waals surface area contributed by atoms with E-state index in [1.54, 1.807) is 0 Å². The van der Waals surface area contributed by atoms with E-state index in [9.17, 15) is 0 Å². The van der Waals surface area contributed by atoms with E-state index in [-0.39, 0.29) is 0 Å². The van der Waals surface area contributed by atoms with E-state index in [0.29, 0.717) is 11.5 Å². The van der Waals surface area contributed by atoms with Crippen molar-refractivity contribution in [1.29, 1.82) is 0 Å². The molecule has 0 atom stereocenters. The van der Waals surface area contributed by atoms with Crippen LogP contribution in [0.3, 0.4) is 0 Å². The highest BCUT2D eigenvalue weighted by molar-refractivity contribution is 6.21. The summed E-state index contributed by atoms with van der Waals surface area (Å²) in [6.45, 7) is 2.22. The summed E-state index contributed by atoms with van der Waals surface area (Å²) in [5, 5.41) is 0.328. The standard InChI is InChI=1S/C14H19ClO/c1-2-3-4-11-5-7-13(8-6-11)16-14-9-12(15)10-14/h5-8,12,14H,2-4,9-10H2,1H3. The minimum absolute atomic E-state index is 0.328. The monoisotopic (exact) mass is 238 g/mol. The fourth-order valence-corrected chi connectivity index (χ4v) is 2.30. The first-order valence-electron chi connectivity index (χ1n) is 6.17. The third-order valence-corrected chi connectivity index (χ3v) is 3.44. The largest absolute Gasteiger partial charge is 0.490 e. The lowest BCUT2D eigenvalue weighted by Gasteiger charge is -2.31. The molecule has 1 aliphatic rings. The summed E-state index contributed by atoms with van der Waals surface area (Å²) in [7, 11) is 0. The summed E-state index contributed by atoms with van der Waals surface area (Å²) < 4.78 is 5.80. The second-order valence-corrected chi connectivity index (χ2v) is 5.17. The lowest BCUT2D eigenvalue weighted by atomic mass is 9.95. The van der Waals surface area contributed by atoms with Gasteiger partial charge in [-0.05, 0) is 30.5 Å². The van der Waals surface area contributed by atoms with Gasteiger partial charge in [-0.1, -0.05) is 25.5 Å². The van der Waals surface area contributed by atoms with Crippen LogP contribution in [-0.4, -0.2) is 11.5 Å². The molecule has 0 heterocycles. The van der Waals surface area contributed by atoms with E-state index in [1.165, 1.54) is 24.8 Å². The molecule has 0 radical (unpaired) electrons. The zero-order valence-corrected chi connectivity index (χ0v) is 10.5. The lowest BCUT2D eigenvalue weighted by molar-refractivity contribution is 0.124. The molecule has 1 aliphatic carbocycles. The molecule has 1 aromatic carbocycles. The molecule has 88 valence electrons. The van der Waals surface area contributed by atoms with Crippen LogP contribution < -0.4 is 4.74 Å². The van der Waals surface area contributed by atoms with Crippen LogP contribution in [0.4, 0.5) is 0 Å². The zero-order chi connectivity index (χ0) is 11.4. The molecule has 0 saturated heterocycles. The van der Waals surface area contributed by atoms with Gasteiger partial charge in [-0.2, -0.15) is 0 Å². The number of ether oxygens (including phenoxy) is 1. The van der Waals surface area contributed by atoms with Gasteiger partial charge in [-0.15, -0.1) is 11.6 Å². The summed E-state index contributed by atoms with van der Waals surface area (Å²) >= 11 is 5.91. The summed E-state index contributed by atoms with van der Waals surface area (Å²) in [5.74, 6) is 0.980. The Morgan fingerprint density at radius 2 is 1.94 bits per heavy atom. The van der Waals surface area contributed by atoms with Crippen LogP contribution >= 0.6 is 11.6 Å². The molecule has 0 aliphatic heterocycles. The van der Waals surface area contributed by atoms with Crippen molar-refractivity contribution >= 4 is 11.6 Å². The Morgan fingerprint density at radius 1 is 1.25 bits per heavy atom. The second kappa shape index (κ2) is 5.58. The lowest BCUT2D eigenvalue weighted by Crippen LogP contribution is -2.34. The average Bonchev–Trinajstić information content (AvgIpc) is 2.26. The van der Waals surface area contributed by atoms with Gasteiger partial charge in [0.05, 0.1) is 0 Å². The van der Waals surface area contributed by atoms with Crippen molar-refractivity contribution in [2.75, 3.05) is 0 Å². The van der Waals surface area contributed by atoms with Crippen LogP contribution in [0.5, 0.6) is 5.75 Å². The van der Waals surface area contributed by atoms with Gasteiger partial charge in [-0.25, -0.2) is 0 Å². The molecular formula is C14H19ClO. The molecule has 1 saturated carbocycles. The van der Waals surface area contributed by atoms with Crippen LogP contribution in [0.25, 0.3) is 0 Å². The number of unbranched alkanes of at least 4 members (excludes halogenated alkanes) is 1. The first-order valence-corrected chi connectivity index (χ1v) is 6.61. The first-order chi connectivity index (χ1) is 7.78. The minimum atomic E-state index is 0.328. The number of benzene rings is 1. The molecule has 0 aromatic heterocycles. The normalized spacial score (nSPS) is 23.9. The summed E-state index contributed by atoms with van der Waals surface area (Å²) in [4.78, 5) is 0. The van der Waals surface area contributed by atoms with E-state index >= 15 is 0 Å². The number of hydrogen-bond acceptors (Lipinski definition) is 1. The van der Waals surface area contributed by atoms with Gasteiger partial charge >= 0.3 is 0 Å². The highest BCUT2D eigenvalue weighted by atomic mass is 35.5. The molecule has 0 spiro atoms. The van der Waals surface area contributed by atoms with Crippen LogP contribution in [-0.2, 0) is 6.42 Å². The van der Waals surface area contributed by atoms with Crippen molar-refractivity contribution < 1.29 is 4.74 Å². The minimum Gasteiger partial charge on any atom is -0.490 e. The fourth-order valence-electron chi connectivity index (χ4n) is 1.91. The number of rotatable bonds is 5. The van der Waals surface area contributed by atoms with Crippen LogP contribution in [0.2, 0.25) is 0 Å². The SMILES string of the molecule is CCCCc1ccc(OC2CC(Cl)C2)cc1. The van der Waals surface area contributed by atoms with Gasteiger partial charge in [0.25, 0.3) is 0 Å². The quantitative estimate of drug-likeness (QED) is 0.700. The summed E-state index contributed by atoms with van der Waals surface area (Å²) in [5.41, 5.74) is 1.40. The molecule has 0 unspecified atom stereocenters. The molecule has 16 heavy (non-hydrogen) atoms. The maximum atomic E-state index is 5.91. The number of hydrogen-bond donors (Lipinski definition) is 0. The molecule has 0 bridgehead atoms. The molecule has 1 aromatic rings. The number of halogens is 1. The molecule has 0 N–H and O–H groups in total. The molecule has 2 heteroatoms. The molecule has 2 rings (SSSR count). The van der Waals surface area contributed by atoms with Gasteiger partial charge in [0.1, 0.15) is 11.9 Å². The number of alkyl halides is 1.